The number of rotatable bonds is 5. The molecule has 2 rings (SSSR count). The van der Waals surface area contributed by atoms with Crippen LogP contribution in [-0.4, -0.2) is 23.5 Å². The maximum atomic E-state index is 12.0. The Kier molecular flexibility index (Phi) is 6.13. The first-order valence-electron chi connectivity index (χ1n) is 6.96. The van der Waals surface area contributed by atoms with E-state index in [0.717, 1.165) is 0 Å². The van der Waals surface area contributed by atoms with Crippen molar-refractivity contribution >= 4 is 23.4 Å². The van der Waals surface area contributed by atoms with Crippen molar-refractivity contribution < 1.29 is 28.2 Å². The van der Waals surface area contributed by atoms with Crippen molar-refractivity contribution in [3.05, 3.63) is 58.6 Å². The second-order valence-corrected chi connectivity index (χ2v) is 5.30. The Bertz CT molecular complexity index is 769. The highest BCUT2D eigenvalue weighted by Gasteiger charge is 2.13. The number of phenols is 1. The Hall–Kier alpha value is -2.87. The van der Waals surface area contributed by atoms with Crippen LogP contribution < -0.4 is 15.6 Å². The highest BCUT2D eigenvalue weighted by atomic mass is 35.5. The molecule has 132 valence electrons. The zero-order chi connectivity index (χ0) is 18.4. The van der Waals surface area contributed by atoms with Crippen LogP contribution in [0.1, 0.15) is 15.9 Å². The molecule has 9 heteroatoms. The Morgan fingerprint density at radius 1 is 1.12 bits per heavy atom. The molecule has 3 N–H and O–H groups in total. The summed E-state index contributed by atoms with van der Waals surface area (Å²) in [6.07, 6.45) is -0.100. The number of hydrogen-bond donors (Lipinski definition) is 3. The third kappa shape index (κ3) is 5.61. The van der Waals surface area contributed by atoms with E-state index < -0.39 is 18.4 Å². The van der Waals surface area contributed by atoms with Crippen molar-refractivity contribution in [2.75, 3.05) is 0 Å². The number of benzene rings is 2. The van der Waals surface area contributed by atoms with Crippen LogP contribution in [0.5, 0.6) is 11.5 Å². The molecular formula is C16H13ClF2N2O4. The first kappa shape index (κ1) is 18.5. The van der Waals surface area contributed by atoms with Gasteiger partial charge in [-0.05, 0) is 35.9 Å². The molecule has 0 atom stereocenters. The molecule has 2 aromatic rings. The van der Waals surface area contributed by atoms with Crippen LogP contribution in [0.2, 0.25) is 5.02 Å². The zero-order valence-electron chi connectivity index (χ0n) is 12.6. The third-order valence-electron chi connectivity index (χ3n) is 3.03. The Labute approximate surface area is 146 Å². The first-order chi connectivity index (χ1) is 11.8. The lowest BCUT2D eigenvalue weighted by atomic mass is 10.1. The lowest BCUT2D eigenvalue weighted by molar-refractivity contribution is -0.121. The fourth-order valence-corrected chi connectivity index (χ4v) is 2.07. The predicted molar refractivity (Wildman–Crippen MR) is 85.5 cm³/mol. The molecule has 6 nitrogen and oxygen atoms in total. The van der Waals surface area contributed by atoms with Crippen LogP contribution in [0.3, 0.4) is 0 Å². The van der Waals surface area contributed by atoms with Gasteiger partial charge in [-0.3, -0.25) is 20.4 Å². The number of phenolic OH excluding ortho intramolecular Hbond substituents is 1. The zero-order valence-corrected chi connectivity index (χ0v) is 13.4. The fourth-order valence-electron chi connectivity index (χ4n) is 1.90. The van der Waals surface area contributed by atoms with Gasteiger partial charge in [-0.15, -0.1) is 0 Å². The number of carbonyl (C=O) groups excluding carboxylic acids is 2. The summed E-state index contributed by atoms with van der Waals surface area (Å²) in [7, 11) is 0. The minimum Gasteiger partial charge on any atom is -0.507 e. The van der Waals surface area contributed by atoms with Gasteiger partial charge in [0.2, 0.25) is 5.91 Å². The smallest absolute Gasteiger partial charge is 0.387 e. The van der Waals surface area contributed by atoms with Crippen LogP contribution in [0.4, 0.5) is 8.78 Å². The van der Waals surface area contributed by atoms with Gasteiger partial charge in [0.15, 0.2) is 0 Å². The monoisotopic (exact) mass is 370 g/mol. The largest absolute Gasteiger partial charge is 0.507 e. The van der Waals surface area contributed by atoms with Crippen molar-refractivity contribution in [1.29, 1.82) is 0 Å². The number of carbonyl (C=O) groups is 2. The number of hydrogen-bond acceptors (Lipinski definition) is 4. The SMILES string of the molecule is O=C(Cc1ccc(OC(F)F)cc1)NNC(=O)c1cc(Cl)ccc1O. The number of aromatic hydroxyl groups is 1. The molecular weight excluding hydrogens is 358 g/mol. The van der Waals surface area contributed by atoms with E-state index in [4.69, 9.17) is 11.6 Å². The van der Waals surface area contributed by atoms with E-state index in [2.05, 4.69) is 15.6 Å². The summed E-state index contributed by atoms with van der Waals surface area (Å²) in [6, 6.07) is 9.41. The van der Waals surface area contributed by atoms with E-state index in [1.807, 2.05) is 0 Å². The van der Waals surface area contributed by atoms with Gasteiger partial charge in [0, 0.05) is 5.02 Å². The number of nitrogens with one attached hydrogen (secondary N) is 2. The van der Waals surface area contributed by atoms with Crippen molar-refractivity contribution in [2.45, 2.75) is 13.0 Å². The van der Waals surface area contributed by atoms with Crippen molar-refractivity contribution in [3.63, 3.8) is 0 Å². The van der Waals surface area contributed by atoms with Gasteiger partial charge in [-0.1, -0.05) is 23.7 Å². The summed E-state index contributed by atoms with van der Waals surface area (Å²) in [4.78, 5) is 23.7. The topological polar surface area (TPSA) is 87.7 Å². The second-order valence-electron chi connectivity index (χ2n) is 4.86. The summed E-state index contributed by atoms with van der Waals surface area (Å²) in [5, 5.41) is 9.85. The van der Waals surface area contributed by atoms with Gasteiger partial charge in [-0.2, -0.15) is 8.78 Å². The van der Waals surface area contributed by atoms with Crippen molar-refractivity contribution in [3.8, 4) is 11.5 Å². The molecule has 2 aromatic carbocycles. The van der Waals surface area contributed by atoms with Gasteiger partial charge >= 0.3 is 6.61 Å². The summed E-state index contributed by atoms with van der Waals surface area (Å²) >= 11 is 5.74. The molecule has 0 aliphatic heterocycles. The molecule has 0 spiro atoms. The maximum absolute atomic E-state index is 12.0. The molecule has 0 saturated carbocycles. The molecule has 0 heterocycles. The number of halogens is 3. The Morgan fingerprint density at radius 2 is 1.80 bits per heavy atom. The van der Waals surface area contributed by atoms with E-state index in [-0.39, 0.29) is 28.5 Å². The van der Waals surface area contributed by atoms with Gasteiger partial charge in [0.05, 0.1) is 12.0 Å². The maximum Gasteiger partial charge on any atom is 0.387 e. The lowest BCUT2D eigenvalue weighted by Gasteiger charge is -2.09. The molecule has 0 aliphatic rings. The third-order valence-corrected chi connectivity index (χ3v) is 3.27. The molecule has 0 saturated heterocycles. The van der Waals surface area contributed by atoms with E-state index in [1.165, 1.54) is 42.5 Å². The molecule has 0 aromatic heterocycles. The van der Waals surface area contributed by atoms with Crippen molar-refractivity contribution in [1.82, 2.24) is 10.9 Å². The number of ether oxygens (including phenoxy) is 1. The summed E-state index contributed by atoms with van der Waals surface area (Å²) in [6.45, 7) is -2.92. The second kappa shape index (κ2) is 8.29. The molecule has 0 radical (unpaired) electrons. The molecule has 0 aliphatic carbocycles. The standard InChI is InChI=1S/C16H13ClF2N2O4/c17-10-3-6-13(22)12(8-10)15(24)21-20-14(23)7-9-1-4-11(5-2-9)25-16(18)19/h1-6,8,16,22H,7H2,(H,20,23)(H,21,24). The van der Waals surface area contributed by atoms with Crippen LogP contribution in [0.15, 0.2) is 42.5 Å². The molecule has 2 amide bonds. The molecule has 0 bridgehead atoms. The van der Waals surface area contributed by atoms with Crippen LogP contribution in [0.25, 0.3) is 0 Å². The number of amides is 2. The quantitative estimate of drug-likeness (QED) is 0.706. The van der Waals surface area contributed by atoms with Crippen molar-refractivity contribution in [2.24, 2.45) is 0 Å². The Balaban J connectivity index is 1.88. The summed E-state index contributed by atoms with van der Waals surface area (Å²) in [5.74, 6) is -1.60. The summed E-state index contributed by atoms with van der Waals surface area (Å²) < 4.78 is 28.3. The average Bonchev–Trinajstić information content (AvgIpc) is 2.56. The lowest BCUT2D eigenvalue weighted by Crippen LogP contribution is -2.42. The fraction of sp³-hybridized carbons (Fsp3) is 0.125. The molecule has 0 fully saturated rings. The predicted octanol–water partition coefficient (Wildman–Crippen LogP) is 2.65. The minimum absolute atomic E-state index is 0.0242. The highest BCUT2D eigenvalue weighted by Crippen LogP contribution is 2.21. The van der Waals surface area contributed by atoms with E-state index in [1.54, 1.807) is 0 Å². The van der Waals surface area contributed by atoms with E-state index in [9.17, 15) is 23.5 Å². The number of hydrazine groups is 1. The molecule has 25 heavy (non-hydrogen) atoms. The van der Waals surface area contributed by atoms with E-state index >= 15 is 0 Å². The van der Waals surface area contributed by atoms with Crippen LogP contribution in [-0.2, 0) is 11.2 Å². The van der Waals surface area contributed by atoms with Gasteiger partial charge in [0.1, 0.15) is 11.5 Å². The summed E-state index contributed by atoms with van der Waals surface area (Å²) in [5.41, 5.74) is 4.75. The van der Waals surface area contributed by atoms with Gasteiger partial charge < -0.3 is 9.84 Å². The van der Waals surface area contributed by atoms with E-state index in [0.29, 0.717) is 5.56 Å². The van der Waals surface area contributed by atoms with Crippen LogP contribution in [0, 0.1) is 0 Å². The number of alkyl halides is 2. The molecule has 0 unspecified atom stereocenters. The van der Waals surface area contributed by atoms with Gasteiger partial charge in [-0.25, -0.2) is 0 Å². The first-order valence-corrected chi connectivity index (χ1v) is 7.34. The van der Waals surface area contributed by atoms with Crippen LogP contribution >= 0.6 is 11.6 Å². The highest BCUT2D eigenvalue weighted by molar-refractivity contribution is 6.31. The van der Waals surface area contributed by atoms with Gasteiger partial charge in [0.25, 0.3) is 5.91 Å². The minimum atomic E-state index is -2.92. The normalized spacial score (nSPS) is 10.4. The Morgan fingerprint density at radius 3 is 2.44 bits per heavy atom. The average molecular weight is 371 g/mol.